The van der Waals surface area contributed by atoms with Gasteiger partial charge in [0.15, 0.2) is 5.78 Å². The molecule has 8 atom stereocenters. The lowest BCUT2D eigenvalue weighted by Crippen LogP contribution is -2.54. The molecule has 0 aliphatic heterocycles. The van der Waals surface area contributed by atoms with Gasteiger partial charge < -0.3 is 4.42 Å². The summed E-state index contributed by atoms with van der Waals surface area (Å²) in [4.78, 5) is 13.0. The van der Waals surface area contributed by atoms with Crippen molar-refractivity contribution in [3.8, 4) is 0 Å². The van der Waals surface area contributed by atoms with Gasteiger partial charge in [-0.15, -0.1) is 0 Å². The van der Waals surface area contributed by atoms with Crippen LogP contribution in [-0.2, 0) is 4.79 Å². The fourth-order valence-electron chi connectivity index (χ4n) is 9.71. The zero-order chi connectivity index (χ0) is 24.1. The number of fused-ring (bicyclic) bond motifs is 5. The highest BCUT2D eigenvalue weighted by Crippen LogP contribution is 2.68. The smallest absolute Gasteiger partial charge is 0.159 e. The number of hydrogen-bond donors (Lipinski definition) is 0. The second kappa shape index (κ2) is 9.29. The van der Waals surface area contributed by atoms with E-state index in [0.29, 0.717) is 17.1 Å². The van der Waals surface area contributed by atoms with E-state index in [1.54, 1.807) is 6.26 Å². The average molecular weight is 465 g/mol. The molecule has 0 amide bonds. The Morgan fingerprint density at radius 2 is 1.82 bits per heavy atom. The fraction of sp³-hybridized carbons (Fsp3) is 0.781. The van der Waals surface area contributed by atoms with Crippen LogP contribution in [0.3, 0.4) is 0 Å². The van der Waals surface area contributed by atoms with E-state index >= 15 is 0 Å². The highest BCUT2D eigenvalue weighted by molar-refractivity contribution is 6.00. The number of carbonyl (C=O) groups is 1. The Labute approximate surface area is 208 Å². The van der Waals surface area contributed by atoms with E-state index in [0.717, 1.165) is 59.7 Å². The molecule has 4 fully saturated rings. The zero-order valence-electron chi connectivity index (χ0n) is 22.4. The second-order valence-corrected chi connectivity index (χ2v) is 13.7. The van der Waals surface area contributed by atoms with Gasteiger partial charge in [-0.1, -0.05) is 53.9 Å². The molecule has 1 aromatic heterocycles. The van der Waals surface area contributed by atoms with Crippen molar-refractivity contribution in [1.29, 1.82) is 0 Å². The Kier molecular flexibility index (Phi) is 6.66. The Bertz CT molecular complexity index is 894. The highest BCUT2D eigenvalue weighted by atomic mass is 16.3. The van der Waals surface area contributed by atoms with Crippen LogP contribution in [0.15, 0.2) is 28.4 Å². The third-order valence-corrected chi connectivity index (χ3v) is 11.5. The Morgan fingerprint density at radius 3 is 2.56 bits per heavy atom. The minimum Gasteiger partial charge on any atom is -0.465 e. The van der Waals surface area contributed by atoms with E-state index in [1.165, 1.54) is 57.8 Å². The molecule has 2 heteroatoms. The number of hydrogen-bond acceptors (Lipinski definition) is 2. The van der Waals surface area contributed by atoms with Crippen molar-refractivity contribution in [1.82, 2.24) is 0 Å². The fourth-order valence-corrected chi connectivity index (χ4v) is 9.71. The van der Waals surface area contributed by atoms with Gasteiger partial charge in [-0.25, -0.2) is 0 Å². The molecular weight excluding hydrogens is 416 g/mol. The maximum absolute atomic E-state index is 13.0. The number of ketones is 1. The summed E-state index contributed by atoms with van der Waals surface area (Å²) in [6.07, 6.45) is 18.0. The van der Waals surface area contributed by atoms with Crippen molar-refractivity contribution < 1.29 is 9.21 Å². The normalized spacial score (nSPS) is 41.9. The summed E-state index contributed by atoms with van der Waals surface area (Å²) in [6, 6.07) is 3.90. The maximum Gasteiger partial charge on any atom is 0.159 e. The van der Waals surface area contributed by atoms with Gasteiger partial charge >= 0.3 is 0 Å². The zero-order valence-corrected chi connectivity index (χ0v) is 22.4. The van der Waals surface area contributed by atoms with Gasteiger partial charge in [0.1, 0.15) is 5.76 Å². The van der Waals surface area contributed by atoms with E-state index < -0.39 is 0 Å². The molecule has 4 aliphatic rings. The average Bonchev–Trinajstić information content (AvgIpc) is 3.41. The van der Waals surface area contributed by atoms with Crippen molar-refractivity contribution in [2.75, 3.05) is 0 Å². The molecule has 4 aliphatic carbocycles. The molecule has 1 aromatic rings. The first kappa shape index (κ1) is 24.4. The van der Waals surface area contributed by atoms with Crippen molar-refractivity contribution in [3.05, 3.63) is 29.7 Å². The third-order valence-electron chi connectivity index (χ3n) is 11.5. The molecule has 0 N–H and O–H groups in total. The summed E-state index contributed by atoms with van der Waals surface area (Å²) in [6.45, 7) is 12.5. The van der Waals surface area contributed by atoms with Crippen LogP contribution in [0.5, 0.6) is 0 Å². The van der Waals surface area contributed by atoms with Crippen LogP contribution in [0, 0.1) is 52.3 Å². The molecule has 0 aromatic carbocycles. The summed E-state index contributed by atoms with van der Waals surface area (Å²) in [5.41, 5.74) is 1.84. The van der Waals surface area contributed by atoms with Crippen molar-refractivity contribution in [2.24, 2.45) is 52.3 Å². The highest BCUT2D eigenvalue weighted by Gasteiger charge is 2.61. The van der Waals surface area contributed by atoms with Crippen molar-refractivity contribution in [2.45, 2.75) is 105 Å². The lowest BCUT2D eigenvalue weighted by molar-refractivity contribution is -0.133. The predicted octanol–water partition coefficient (Wildman–Crippen LogP) is 8.96. The first-order valence-corrected chi connectivity index (χ1v) is 14.5. The molecular formula is C32H48O2. The third kappa shape index (κ3) is 4.16. The minimum atomic E-state index is 0.275. The molecule has 0 bridgehead atoms. The van der Waals surface area contributed by atoms with Gasteiger partial charge in [0.05, 0.1) is 6.26 Å². The van der Waals surface area contributed by atoms with Gasteiger partial charge in [0.2, 0.25) is 0 Å². The molecule has 1 heterocycles. The largest absolute Gasteiger partial charge is 0.465 e. The number of rotatable bonds is 6. The number of allylic oxidation sites excluding steroid dienone is 1. The SMILES string of the molecule is CC(C)CCC[C@@H](C)[C@@H]1CC[C@@H]2[C@@H]3CC[C@H]4CC(=O)/C(=C\c5ccco5)C[C@]4(C)[C@H]3CC[C@@]21C. The molecule has 188 valence electrons. The summed E-state index contributed by atoms with van der Waals surface area (Å²) in [5, 5.41) is 0. The molecule has 0 unspecified atom stereocenters. The van der Waals surface area contributed by atoms with Gasteiger partial charge in [-0.05, 0) is 121 Å². The van der Waals surface area contributed by atoms with Gasteiger partial charge in [0.25, 0.3) is 0 Å². The maximum atomic E-state index is 13.0. The second-order valence-electron chi connectivity index (χ2n) is 13.7. The first-order chi connectivity index (χ1) is 16.2. The predicted molar refractivity (Wildman–Crippen MR) is 140 cm³/mol. The lowest BCUT2D eigenvalue weighted by Gasteiger charge is -2.60. The minimum absolute atomic E-state index is 0.275. The molecule has 0 radical (unpaired) electrons. The lowest BCUT2D eigenvalue weighted by atomic mass is 9.44. The van der Waals surface area contributed by atoms with Crippen molar-refractivity contribution >= 4 is 11.9 Å². The monoisotopic (exact) mass is 464 g/mol. The molecule has 34 heavy (non-hydrogen) atoms. The summed E-state index contributed by atoms with van der Waals surface area (Å²) in [7, 11) is 0. The van der Waals surface area contributed by atoms with Crippen LogP contribution in [0.2, 0.25) is 0 Å². The van der Waals surface area contributed by atoms with Crippen LogP contribution in [0.4, 0.5) is 0 Å². The first-order valence-electron chi connectivity index (χ1n) is 14.5. The quantitative estimate of drug-likeness (QED) is 0.393. The van der Waals surface area contributed by atoms with E-state index in [9.17, 15) is 4.79 Å². The van der Waals surface area contributed by atoms with E-state index in [4.69, 9.17) is 4.42 Å². The van der Waals surface area contributed by atoms with Crippen molar-refractivity contribution in [3.63, 3.8) is 0 Å². The van der Waals surface area contributed by atoms with Gasteiger partial charge in [0, 0.05) is 6.42 Å². The number of carbonyl (C=O) groups excluding carboxylic acids is 1. The summed E-state index contributed by atoms with van der Waals surface area (Å²) < 4.78 is 5.58. The van der Waals surface area contributed by atoms with Gasteiger partial charge in [-0.3, -0.25) is 4.79 Å². The molecule has 5 rings (SSSR count). The molecule has 0 saturated heterocycles. The van der Waals surface area contributed by atoms with E-state index in [2.05, 4.69) is 34.6 Å². The molecule has 0 spiro atoms. The standard InChI is InChI=1S/C32H48O2/c1-21(2)8-6-9-22(3)27-13-14-28-26-12-11-24-19-30(33)23(18-25-10-7-17-34-25)20-32(24,5)29(26)15-16-31(27,28)4/h7,10,17-18,21-22,24,26-29H,6,8-9,11-16,19-20H2,1-5H3/b23-18-/t22-,24+,26+,27+,28-,29+,31-,32+/m1/s1. The topological polar surface area (TPSA) is 30.2 Å². The Hall–Kier alpha value is -1.31. The molecule has 4 saturated carbocycles. The van der Waals surface area contributed by atoms with E-state index in [-0.39, 0.29) is 5.41 Å². The number of Topliss-reactive ketones (excluding diaryl/α,β-unsaturated/α-hetero) is 1. The van der Waals surface area contributed by atoms with Crippen LogP contribution in [0.25, 0.3) is 6.08 Å². The summed E-state index contributed by atoms with van der Waals surface area (Å²) in [5.74, 6) is 6.94. The Balaban J connectivity index is 1.33. The van der Waals surface area contributed by atoms with Gasteiger partial charge in [-0.2, -0.15) is 0 Å². The summed E-state index contributed by atoms with van der Waals surface area (Å²) >= 11 is 0. The van der Waals surface area contributed by atoms with E-state index in [1.807, 2.05) is 18.2 Å². The van der Waals surface area contributed by atoms with Crippen LogP contribution >= 0.6 is 0 Å². The molecule has 2 nitrogen and oxygen atoms in total. The van der Waals surface area contributed by atoms with Crippen LogP contribution in [-0.4, -0.2) is 5.78 Å². The number of furan rings is 1. The Morgan fingerprint density at radius 1 is 1.03 bits per heavy atom. The van der Waals surface area contributed by atoms with Crippen LogP contribution in [0.1, 0.15) is 111 Å². The van der Waals surface area contributed by atoms with Crippen LogP contribution < -0.4 is 0 Å².